The minimum absolute atomic E-state index is 0.313. The smallest absolute Gasteiger partial charge is 0.207 e. The summed E-state index contributed by atoms with van der Waals surface area (Å²) in [5.74, 6) is 4.12. The monoisotopic (exact) mass is 873 g/mol. The molecule has 0 saturated heterocycles. The van der Waals surface area contributed by atoms with Gasteiger partial charge >= 0.3 is 0 Å². The topological polar surface area (TPSA) is 86.0 Å². The summed E-state index contributed by atoms with van der Waals surface area (Å²) in [6.45, 7) is 0. The first kappa shape index (κ1) is 38.1. The van der Waals surface area contributed by atoms with Gasteiger partial charge in [0.2, 0.25) is 9.84 Å². The highest BCUT2D eigenvalue weighted by atomic mass is 32.2. The maximum Gasteiger partial charge on any atom is 0.207 e. The second-order valence-electron chi connectivity index (χ2n) is 19.1. The molecule has 1 aliphatic heterocycles. The van der Waals surface area contributed by atoms with Crippen LogP contribution in [0, 0.1) is 23.7 Å². The van der Waals surface area contributed by atoms with Crippen molar-refractivity contribution in [3.63, 3.8) is 0 Å². The molecule has 0 radical (unpaired) electrons. The SMILES string of the molecule is O=S1(=O)c2ccccc2C2(c3cc(-c4ccc(-c5nc(-c6ccccc6)nc(-c6ccc(-c7ccc8oc9ccccc9c8c7)cc6)n5)c5ccccc45)ccc31)C1CC3CC(C1)CC2C3. The Hall–Kier alpha value is -7.22. The summed E-state index contributed by atoms with van der Waals surface area (Å²) in [5.41, 5.74) is 10.5. The van der Waals surface area contributed by atoms with Crippen molar-refractivity contribution in [2.75, 3.05) is 0 Å². The summed E-state index contributed by atoms with van der Waals surface area (Å²) in [4.78, 5) is 16.5. The van der Waals surface area contributed by atoms with Crippen molar-refractivity contribution in [2.24, 2.45) is 23.7 Å². The quantitative estimate of drug-likeness (QED) is 0.171. The van der Waals surface area contributed by atoms with Crippen molar-refractivity contribution in [1.29, 1.82) is 0 Å². The van der Waals surface area contributed by atoms with Gasteiger partial charge in [0.25, 0.3) is 0 Å². The van der Waals surface area contributed by atoms with E-state index in [1.165, 1.54) is 32.1 Å². The van der Waals surface area contributed by atoms with Crippen LogP contribution in [0.25, 0.3) is 89.1 Å². The Bertz CT molecular complexity index is 3720. The van der Waals surface area contributed by atoms with Gasteiger partial charge < -0.3 is 4.42 Å². The second-order valence-corrected chi connectivity index (χ2v) is 21.0. The molecule has 4 bridgehead atoms. The minimum Gasteiger partial charge on any atom is -0.456 e. The first-order valence-electron chi connectivity index (χ1n) is 23.3. The second kappa shape index (κ2) is 14.1. The predicted molar refractivity (Wildman–Crippen MR) is 262 cm³/mol. The van der Waals surface area contributed by atoms with E-state index in [4.69, 9.17) is 19.4 Å². The molecule has 1 spiro atoms. The van der Waals surface area contributed by atoms with Gasteiger partial charge in [0.15, 0.2) is 17.5 Å². The summed E-state index contributed by atoms with van der Waals surface area (Å²) >= 11 is 0. The molecule has 2 aromatic heterocycles. The number of para-hydroxylation sites is 1. The van der Waals surface area contributed by atoms with E-state index in [2.05, 4.69) is 97.1 Å². The summed E-state index contributed by atoms with van der Waals surface area (Å²) in [6.07, 6.45) is 6.02. The number of benzene rings is 8. The van der Waals surface area contributed by atoms with Crippen LogP contribution in [0.1, 0.15) is 43.2 Å². The van der Waals surface area contributed by atoms with Crippen molar-refractivity contribution in [2.45, 2.75) is 47.3 Å². The van der Waals surface area contributed by atoms with Crippen molar-refractivity contribution in [1.82, 2.24) is 15.0 Å². The van der Waals surface area contributed by atoms with Crippen LogP contribution >= 0.6 is 0 Å². The van der Waals surface area contributed by atoms with E-state index in [0.29, 0.717) is 39.1 Å². The zero-order valence-corrected chi connectivity index (χ0v) is 36.9. The van der Waals surface area contributed by atoms with E-state index in [9.17, 15) is 8.42 Å². The van der Waals surface area contributed by atoms with E-state index in [0.717, 1.165) is 94.6 Å². The fourth-order valence-corrected chi connectivity index (χ4v) is 15.0. The average Bonchev–Trinajstić information content (AvgIpc) is 3.74. The van der Waals surface area contributed by atoms with Gasteiger partial charge in [0.1, 0.15) is 11.2 Å². The van der Waals surface area contributed by atoms with E-state index < -0.39 is 9.84 Å². The van der Waals surface area contributed by atoms with Crippen LogP contribution in [0.5, 0.6) is 0 Å². The molecule has 0 N–H and O–H groups in total. The molecule has 318 valence electrons. The van der Waals surface area contributed by atoms with Gasteiger partial charge in [0, 0.05) is 32.9 Å². The van der Waals surface area contributed by atoms with E-state index >= 15 is 0 Å². The maximum absolute atomic E-state index is 14.6. The molecule has 10 aromatic rings. The van der Waals surface area contributed by atoms with Crippen LogP contribution in [0.4, 0.5) is 0 Å². The van der Waals surface area contributed by atoms with Crippen molar-refractivity contribution in [3.05, 3.63) is 187 Å². The van der Waals surface area contributed by atoms with Gasteiger partial charge in [-0.3, -0.25) is 0 Å². The van der Waals surface area contributed by atoms with Crippen molar-refractivity contribution < 1.29 is 12.8 Å². The fraction of sp³-hybridized carbons (Fsp3) is 0.169. The highest BCUT2D eigenvalue weighted by molar-refractivity contribution is 7.91. The van der Waals surface area contributed by atoms with Crippen molar-refractivity contribution >= 4 is 42.5 Å². The lowest BCUT2D eigenvalue weighted by Gasteiger charge is -2.63. The summed E-state index contributed by atoms with van der Waals surface area (Å²) in [7, 11) is -3.70. The van der Waals surface area contributed by atoms with Gasteiger partial charge in [-0.1, -0.05) is 133 Å². The molecule has 7 heteroatoms. The zero-order chi connectivity index (χ0) is 43.7. The molecular weight excluding hydrogens is 831 g/mol. The Morgan fingerprint density at radius 1 is 0.409 bits per heavy atom. The summed E-state index contributed by atoms with van der Waals surface area (Å²) in [5, 5.41) is 4.27. The van der Waals surface area contributed by atoms with Crippen LogP contribution in [0.15, 0.2) is 190 Å². The number of nitrogens with zero attached hydrogens (tertiary/aromatic N) is 3. The van der Waals surface area contributed by atoms with Crippen LogP contribution in [-0.2, 0) is 15.3 Å². The molecule has 66 heavy (non-hydrogen) atoms. The summed E-state index contributed by atoms with van der Waals surface area (Å²) < 4.78 is 35.2. The van der Waals surface area contributed by atoms with E-state index in [1.54, 1.807) is 0 Å². The van der Waals surface area contributed by atoms with Crippen LogP contribution in [0.3, 0.4) is 0 Å². The third-order valence-corrected chi connectivity index (χ3v) is 17.6. The Kier molecular flexibility index (Phi) is 8.16. The van der Waals surface area contributed by atoms with Crippen LogP contribution in [0.2, 0.25) is 0 Å². The largest absolute Gasteiger partial charge is 0.456 e. The van der Waals surface area contributed by atoms with Gasteiger partial charge in [-0.25, -0.2) is 23.4 Å². The molecule has 0 amide bonds. The Balaban J connectivity index is 0.892. The molecule has 8 aromatic carbocycles. The number of aromatic nitrogens is 3. The van der Waals surface area contributed by atoms with Gasteiger partial charge in [-0.2, -0.15) is 0 Å². The van der Waals surface area contributed by atoms with Gasteiger partial charge in [0.05, 0.1) is 9.79 Å². The average molecular weight is 874 g/mol. The predicted octanol–water partition coefficient (Wildman–Crippen LogP) is 14.1. The number of hydrogen-bond donors (Lipinski definition) is 0. The number of fused-ring (bicyclic) bond motifs is 6. The third kappa shape index (κ3) is 5.53. The highest BCUT2D eigenvalue weighted by Gasteiger charge is 2.62. The van der Waals surface area contributed by atoms with Gasteiger partial charge in [-0.05, 0) is 142 Å². The number of hydrogen-bond acceptors (Lipinski definition) is 6. The Labute approximate surface area is 383 Å². The first-order chi connectivity index (χ1) is 32.4. The Morgan fingerprint density at radius 2 is 0.955 bits per heavy atom. The Morgan fingerprint density at radius 3 is 1.71 bits per heavy atom. The van der Waals surface area contributed by atoms with E-state index in [1.807, 2.05) is 78.9 Å². The highest BCUT2D eigenvalue weighted by Crippen LogP contribution is 2.68. The van der Waals surface area contributed by atoms with E-state index in [-0.39, 0.29) is 5.41 Å². The molecule has 0 atom stereocenters. The maximum atomic E-state index is 14.6. The molecule has 0 unspecified atom stereocenters. The lowest BCUT2D eigenvalue weighted by Crippen LogP contribution is -2.57. The minimum atomic E-state index is -3.70. The van der Waals surface area contributed by atoms with Crippen molar-refractivity contribution in [3.8, 4) is 56.4 Å². The lowest BCUT2D eigenvalue weighted by atomic mass is 9.42. The molecule has 6 nitrogen and oxygen atoms in total. The third-order valence-electron chi connectivity index (χ3n) is 15.8. The lowest BCUT2D eigenvalue weighted by molar-refractivity contribution is -0.0446. The molecular formula is C59H43N3O3S. The molecule has 4 fully saturated rings. The first-order valence-corrected chi connectivity index (χ1v) is 24.7. The zero-order valence-electron chi connectivity index (χ0n) is 36.1. The number of furan rings is 1. The van der Waals surface area contributed by atoms with Gasteiger partial charge in [-0.15, -0.1) is 0 Å². The number of rotatable bonds is 5. The number of sulfone groups is 1. The molecule has 4 aliphatic carbocycles. The molecule has 3 heterocycles. The molecule has 5 aliphatic rings. The fourth-order valence-electron chi connectivity index (χ4n) is 13.2. The molecule has 15 rings (SSSR count). The summed E-state index contributed by atoms with van der Waals surface area (Å²) in [6, 6.07) is 60.0. The standard InChI is InChI=1S/C59H43N3O3S/c63-66(64)54-17-9-7-15-50(54)59(42-29-35-28-36(31-42)32-43(59)30-35)51-34-41(23-27-55(51)66)44-24-25-48(46-13-5-4-12-45(44)46)58-61-56(38-10-2-1-3-11-38)60-57(62-58)39-20-18-37(19-21-39)40-22-26-53-49(33-40)47-14-6-8-16-52(47)65-53/h1-27,33-36,42-43H,28-32H2. The van der Waals surface area contributed by atoms with Crippen LogP contribution < -0.4 is 0 Å². The van der Waals surface area contributed by atoms with Crippen LogP contribution in [-0.4, -0.2) is 23.4 Å². The normalized spacial score (nSPS) is 22.2. The molecule has 4 saturated carbocycles.